The van der Waals surface area contributed by atoms with E-state index in [-0.39, 0.29) is 11.4 Å². The van der Waals surface area contributed by atoms with Crippen LogP contribution in [0, 0.1) is 13.8 Å². The van der Waals surface area contributed by atoms with Gasteiger partial charge < -0.3 is 10.6 Å². The second-order valence-electron chi connectivity index (χ2n) is 6.48. The average molecular weight is 377 g/mol. The van der Waals surface area contributed by atoms with Gasteiger partial charge in [0.15, 0.2) is 0 Å². The van der Waals surface area contributed by atoms with Gasteiger partial charge in [-0.25, -0.2) is 9.97 Å². The SMILES string of the molecule is Cc1nc(Nc2ccc(C)c(Br)c2)cc(C(=O)NC(C)(C)C)n1. The summed E-state index contributed by atoms with van der Waals surface area (Å²) in [6.45, 7) is 9.59. The first-order valence-electron chi connectivity index (χ1n) is 7.35. The minimum atomic E-state index is -0.314. The summed E-state index contributed by atoms with van der Waals surface area (Å²) in [6, 6.07) is 7.60. The van der Waals surface area contributed by atoms with Crippen LogP contribution in [0.15, 0.2) is 28.7 Å². The fourth-order valence-corrected chi connectivity index (χ4v) is 2.35. The molecule has 0 fully saturated rings. The fraction of sp³-hybridized carbons (Fsp3) is 0.353. The number of nitrogens with one attached hydrogen (secondary N) is 2. The van der Waals surface area contributed by atoms with E-state index in [0.29, 0.717) is 17.3 Å². The monoisotopic (exact) mass is 376 g/mol. The Balaban J connectivity index is 2.26. The van der Waals surface area contributed by atoms with Gasteiger partial charge in [-0.1, -0.05) is 22.0 Å². The van der Waals surface area contributed by atoms with Gasteiger partial charge in [0.1, 0.15) is 17.3 Å². The Bertz CT molecular complexity index is 738. The molecule has 6 heteroatoms. The van der Waals surface area contributed by atoms with Crippen LogP contribution in [0.25, 0.3) is 0 Å². The molecule has 5 nitrogen and oxygen atoms in total. The largest absolute Gasteiger partial charge is 0.346 e. The molecule has 0 saturated carbocycles. The van der Waals surface area contributed by atoms with Crippen LogP contribution in [-0.4, -0.2) is 21.4 Å². The molecule has 0 saturated heterocycles. The smallest absolute Gasteiger partial charge is 0.270 e. The van der Waals surface area contributed by atoms with Gasteiger partial charge in [0.2, 0.25) is 0 Å². The number of carbonyl (C=O) groups is 1. The summed E-state index contributed by atoms with van der Waals surface area (Å²) < 4.78 is 1.01. The molecule has 0 aliphatic rings. The zero-order valence-corrected chi connectivity index (χ0v) is 15.6. The number of carbonyl (C=O) groups excluding carboxylic acids is 1. The lowest BCUT2D eigenvalue weighted by molar-refractivity contribution is 0.0914. The third kappa shape index (κ3) is 5.03. The van der Waals surface area contributed by atoms with E-state index in [2.05, 4.69) is 36.5 Å². The van der Waals surface area contributed by atoms with E-state index in [1.165, 1.54) is 0 Å². The molecule has 2 aromatic rings. The van der Waals surface area contributed by atoms with E-state index in [9.17, 15) is 4.79 Å². The Kier molecular flexibility index (Phi) is 5.04. The number of benzene rings is 1. The highest BCUT2D eigenvalue weighted by Gasteiger charge is 2.17. The molecule has 2 N–H and O–H groups in total. The van der Waals surface area contributed by atoms with Crippen molar-refractivity contribution in [3.05, 3.63) is 45.8 Å². The van der Waals surface area contributed by atoms with Gasteiger partial charge in [0, 0.05) is 21.8 Å². The first-order chi connectivity index (χ1) is 10.6. The molecule has 1 amide bonds. The predicted octanol–water partition coefficient (Wildman–Crippen LogP) is 4.13. The number of hydrogen-bond acceptors (Lipinski definition) is 4. The van der Waals surface area contributed by atoms with E-state index < -0.39 is 0 Å². The van der Waals surface area contributed by atoms with E-state index >= 15 is 0 Å². The molecule has 0 spiro atoms. The minimum Gasteiger partial charge on any atom is -0.346 e. The Morgan fingerprint density at radius 2 is 1.83 bits per heavy atom. The van der Waals surface area contributed by atoms with Crippen LogP contribution in [0.4, 0.5) is 11.5 Å². The fourth-order valence-electron chi connectivity index (χ4n) is 1.97. The summed E-state index contributed by atoms with van der Waals surface area (Å²) in [4.78, 5) is 20.8. The van der Waals surface area contributed by atoms with Crippen molar-refractivity contribution >= 4 is 33.3 Å². The zero-order valence-electron chi connectivity index (χ0n) is 14.0. The molecule has 0 bridgehead atoms. The molecule has 1 aromatic carbocycles. The molecule has 23 heavy (non-hydrogen) atoms. The number of halogens is 1. The number of amides is 1. The molecule has 0 aliphatic carbocycles. The first-order valence-corrected chi connectivity index (χ1v) is 8.15. The Labute approximate surface area is 145 Å². The maximum absolute atomic E-state index is 12.3. The van der Waals surface area contributed by atoms with Crippen molar-refractivity contribution < 1.29 is 4.79 Å². The van der Waals surface area contributed by atoms with Crippen molar-refractivity contribution in [3.8, 4) is 0 Å². The van der Waals surface area contributed by atoms with Gasteiger partial charge >= 0.3 is 0 Å². The van der Waals surface area contributed by atoms with Crippen molar-refractivity contribution in [3.63, 3.8) is 0 Å². The molecule has 2 rings (SSSR count). The van der Waals surface area contributed by atoms with E-state index in [1.54, 1.807) is 13.0 Å². The van der Waals surface area contributed by atoms with Crippen LogP contribution >= 0.6 is 15.9 Å². The number of rotatable bonds is 3. The quantitative estimate of drug-likeness (QED) is 0.844. The molecule has 0 aliphatic heterocycles. The van der Waals surface area contributed by atoms with Crippen LogP contribution in [0.5, 0.6) is 0 Å². The topological polar surface area (TPSA) is 66.9 Å². The second kappa shape index (κ2) is 6.66. The Morgan fingerprint density at radius 3 is 2.43 bits per heavy atom. The van der Waals surface area contributed by atoms with Gasteiger partial charge in [0.25, 0.3) is 5.91 Å². The summed E-state index contributed by atoms with van der Waals surface area (Å²) >= 11 is 3.51. The summed E-state index contributed by atoms with van der Waals surface area (Å²) in [5.41, 5.74) is 2.08. The highest BCUT2D eigenvalue weighted by molar-refractivity contribution is 9.10. The zero-order chi connectivity index (χ0) is 17.2. The van der Waals surface area contributed by atoms with Gasteiger partial charge in [-0.15, -0.1) is 0 Å². The van der Waals surface area contributed by atoms with Crippen molar-refractivity contribution in [1.82, 2.24) is 15.3 Å². The number of hydrogen-bond donors (Lipinski definition) is 2. The second-order valence-corrected chi connectivity index (χ2v) is 7.33. The standard InChI is InChI=1S/C17H21BrN4O/c1-10-6-7-12(8-13(10)18)21-15-9-14(19-11(2)20-15)16(23)22-17(3,4)5/h6-9H,1-5H3,(H,22,23)(H,19,20,21). The third-order valence-electron chi connectivity index (χ3n) is 3.00. The van der Waals surface area contributed by atoms with Crippen LogP contribution in [-0.2, 0) is 0 Å². The minimum absolute atomic E-state index is 0.212. The lowest BCUT2D eigenvalue weighted by Crippen LogP contribution is -2.41. The molecule has 1 aromatic heterocycles. The van der Waals surface area contributed by atoms with Gasteiger partial charge in [-0.3, -0.25) is 4.79 Å². The molecule has 122 valence electrons. The average Bonchev–Trinajstić information content (AvgIpc) is 2.40. The lowest BCUT2D eigenvalue weighted by Gasteiger charge is -2.20. The number of anilines is 2. The summed E-state index contributed by atoms with van der Waals surface area (Å²) in [6.07, 6.45) is 0. The van der Waals surface area contributed by atoms with Crippen LogP contribution in [0.1, 0.15) is 42.6 Å². The number of aryl methyl sites for hydroxylation is 2. The lowest BCUT2D eigenvalue weighted by atomic mass is 10.1. The molecular weight excluding hydrogens is 356 g/mol. The molecule has 1 heterocycles. The van der Waals surface area contributed by atoms with Gasteiger partial charge in [-0.2, -0.15) is 0 Å². The molecule has 0 unspecified atom stereocenters. The van der Waals surface area contributed by atoms with E-state index in [4.69, 9.17) is 0 Å². The summed E-state index contributed by atoms with van der Waals surface area (Å²) in [5, 5.41) is 6.12. The number of nitrogens with zero attached hydrogens (tertiary/aromatic N) is 2. The van der Waals surface area contributed by atoms with E-state index in [0.717, 1.165) is 15.7 Å². The maximum Gasteiger partial charge on any atom is 0.270 e. The summed E-state index contributed by atoms with van der Waals surface area (Å²) in [5.74, 6) is 0.920. The third-order valence-corrected chi connectivity index (χ3v) is 3.86. The van der Waals surface area contributed by atoms with Crippen molar-refractivity contribution in [2.24, 2.45) is 0 Å². The predicted molar refractivity (Wildman–Crippen MR) is 96.1 cm³/mol. The van der Waals surface area contributed by atoms with Gasteiger partial charge in [-0.05, 0) is 52.3 Å². The normalized spacial score (nSPS) is 11.2. The number of aromatic nitrogens is 2. The molecule has 0 atom stereocenters. The van der Waals surface area contributed by atoms with Crippen LogP contribution < -0.4 is 10.6 Å². The van der Waals surface area contributed by atoms with Crippen LogP contribution in [0.2, 0.25) is 0 Å². The van der Waals surface area contributed by atoms with Crippen molar-refractivity contribution in [2.45, 2.75) is 40.2 Å². The van der Waals surface area contributed by atoms with Crippen LogP contribution in [0.3, 0.4) is 0 Å². The Morgan fingerprint density at radius 1 is 1.13 bits per heavy atom. The van der Waals surface area contributed by atoms with Crippen molar-refractivity contribution in [2.75, 3.05) is 5.32 Å². The van der Waals surface area contributed by atoms with E-state index in [1.807, 2.05) is 45.9 Å². The molecule has 0 radical (unpaired) electrons. The highest BCUT2D eigenvalue weighted by atomic mass is 79.9. The molecular formula is C17H21BrN4O. The first kappa shape index (κ1) is 17.4. The maximum atomic E-state index is 12.3. The highest BCUT2D eigenvalue weighted by Crippen LogP contribution is 2.23. The Hall–Kier alpha value is -1.95. The summed E-state index contributed by atoms with van der Waals surface area (Å²) in [7, 11) is 0. The van der Waals surface area contributed by atoms with Crippen molar-refractivity contribution in [1.29, 1.82) is 0 Å². The van der Waals surface area contributed by atoms with Gasteiger partial charge in [0.05, 0.1) is 0 Å².